The van der Waals surface area contributed by atoms with Crippen molar-refractivity contribution >= 4 is 28.6 Å². The quantitative estimate of drug-likeness (QED) is 0.0941. The molecule has 5 aromatic rings. The zero-order valence-corrected chi connectivity index (χ0v) is 28.9. The molecule has 1 fully saturated rings. The predicted octanol–water partition coefficient (Wildman–Crippen LogP) is 8.71. The Bertz CT molecular complexity index is 2710. The van der Waals surface area contributed by atoms with Crippen molar-refractivity contribution in [3.05, 3.63) is 135 Å². The first-order valence-electron chi connectivity index (χ1n) is 22.7. The summed E-state index contributed by atoms with van der Waals surface area (Å²) in [5.41, 5.74) is -4.93. The van der Waals surface area contributed by atoms with Gasteiger partial charge < -0.3 is 19.1 Å². The number of nitrogens with zero attached hydrogens (tertiary/aromatic N) is 3. The Morgan fingerprint density at radius 3 is 2.40 bits per heavy atom. The lowest BCUT2D eigenvalue weighted by Gasteiger charge is -2.39. The average Bonchev–Trinajstić information content (AvgIpc) is 3.23. The summed E-state index contributed by atoms with van der Waals surface area (Å²) in [6.07, 6.45) is -4.67. The van der Waals surface area contributed by atoms with Gasteiger partial charge in [-0.25, -0.2) is 8.78 Å². The van der Waals surface area contributed by atoms with E-state index in [0.29, 0.717) is 16.7 Å². The monoisotopic (exact) mass is 762 g/mol. The van der Waals surface area contributed by atoms with E-state index in [9.17, 15) is 27.2 Å². The number of piperidine rings is 1. The molecule has 0 radical (unpaired) electrons. The summed E-state index contributed by atoms with van der Waals surface area (Å²) in [5.74, 6) is -3.78. The summed E-state index contributed by atoms with van der Waals surface area (Å²) in [4.78, 5) is 31.2. The van der Waals surface area contributed by atoms with Gasteiger partial charge in [-0.1, -0.05) is 54.6 Å². The number of amides is 1. The first kappa shape index (κ1) is 24.7. The maximum Gasteiger partial charge on any atom is 0.416 e. The Hall–Kier alpha value is -4.52. The van der Waals surface area contributed by atoms with E-state index in [1.807, 2.05) is 0 Å². The zero-order valence-electron chi connectivity index (χ0n) is 41.0. The minimum Gasteiger partial charge on any atom is -0.383 e. The third-order valence-corrected chi connectivity index (χ3v) is 9.55. The molecule has 0 bridgehead atoms. The number of methoxy groups -OCH3 is 1. The smallest absolute Gasteiger partial charge is 0.383 e. The van der Waals surface area contributed by atoms with Crippen molar-refractivity contribution in [1.82, 2.24) is 14.4 Å². The number of aromatic nitrogens is 1. The number of ether oxygens (including phenoxy) is 1. The summed E-state index contributed by atoms with van der Waals surface area (Å²) in [6, 6.07) is 10.0. The van der Waals surface area contributed by atoms with Crippen LogP contribution in [0.1, 0.15) is 52.9 Å². The molecular weight excluding hydrogens is 710 g/mol. The molecule has 12 heteroatoms. The SMILES string of the molecule is [2H]c1c(C)c([2H])c2c(c1[2H])c(=O)c([2H])c(SC([2H])([2H])c1cccc(F)c1F)n2CC(=O)N(Cc1ccc(-c2ccc(C(F)(F)F)cc2)cc1)C1CCN(C([2H])([2H])C([2H])([2H])OC([2H])([2H])[2H])CC1. The fourth-order valence-electron chi connectivity index (χ4n) is 5.97. The largest absolute Gasteiger partial charge is 0.416 e. The second-order valence-electron chi connectivity index (χ2n) is 12.2. The number of hydrogen-bond acceptors (Lipinski definition) is 5. The Morgan fingerprint density at radius 1 is 1.02 bits per heavy atom. The Kier molecular flexibility index (Phi) is 7.77. The van der Waals surface area contributed by atoms with E-state index in [-0.39, 0.29) is 49.8 Å². The second kappa shape index (κ2) is 16.7. The molecule has 6 rings (SSSR count). The lowest BCUT2D eigenvalue weighted by molar-refractivity contribution is -0.137. The van der Waals surface area contributed by atoms with E-state index in [2.05, 4.69) is 4.74 Å². The van der Waals surface area contributed by atoms with Crippen molar-refractivity contribution in [2.24, 2.45) is 0 Å². The van der Waals surface area contributed by atoms with Crippen LogP contribution in [0.3, 0.4) is 0 Å². The predicted molar refractivity (Wildman–Crippen MR) is 198 cm³/mol. The maximum absolute atomic E-state index is 15.1. The van der Waals surface area contributed by atoms with E-state index >= 15 is 4.39 Å². The van der Waals surface area contributed by atoms with Crippen molar-refractivity contribution in [1.29, 1.82) is 0 Å². The normalized spacial score (nSPS) is 18.8. The van der Waals surface area contributed by atoms with Crippen LogP contribution in [-0.4, -0.2) is 59.5 Å². The maximum atomic E-state index is 15.1. The number of likely N-dealkylation sites (tertiary alicyclic amines) is 1. The average molecular weight is 763 g/mol. The van der Waals surface area contributed by atoms with Crippen molar-refractivity contribution in [2.75, 3.05) is 33.2 Å². The number of halogens is 5. The molecule has 2 heterocycles. The number of carbonyl (C=O) groups is 1. The van der Waals surface area contributed by atoms with Crippen molar-refractivity contribution in [3.63, 3.8) is 0 Å². The molecule has 0 unspecified atom stereocenters. The van der Waals surface area contributed by atoms with Crippen molar-refractivity contribution < 1.29 is 49.3 Å². The molecule has 0 saturated carbocycles. The van der Waals surface area contributed by atoms with Gasteiger partial charge in [0.15, 0.2) is 17.1 Å². The highest BCUT2D eigenvalue weighted by molar-refractivity contribution is 7.98. The lowest BCUT2D eigenvalue weighted by atomic mass is 10.00. The van der Waals surface area contributed by atoms with Crippen molar-refractivity contribution in [3.8, 4) is 11.1 Å². The molecule has 0 atom stereocenters. The molecule has 0 N–H and O–H groups in total. The number of alkyl halides is 3. The molecular formula is C41H40F5N3O3S. The molecule has 1 aliphatic heterocycles. The molecule has 1 aromatic heterocycles. The minimum atomic E-state index is -4.56. The van der Waals surface area contributed by atoms with Gasteiger partial charge in [0.1, 0.15) is 6.54 Å². The summed E-state index contributed by atoms with van der Waals surface area (Å²) in [5, 5.41) is -1.22. The van der Waals surface area contributed by atoms with Crippen LogP contribution in [0.2, 0.25) is 0 Å². The summed E-state index contributed by atoms with van der Waals surface area (Å²) >= 11 is 0.0745. The highest BCUT2D eigenvalue weighted by Gasteiger charge is 2.31. The van der Waals surface area contributed by atoms with Gasteiger partial charge >= 0.3 is 6.18 Å². The van der Waals surface area contributed by atoms with Crippen LogP contribution in [0, 0.1) is 18.6 Å². The number of carbonyl (C=O) groups excluding carboxylic acids is 1. The third-order valence-electron chi connectivity index (χ3n) is 8.72. The molecule has 6 nitrogen and oxygen atoms in total. The van der Waals surface area contributed by atoms with E-state index in [1.54, 1.807) is 24.3 Å². The van der Waals surface area contributed by atoms with Gasteiger partial charge in [-0.3, -0.25) is 9.59 Å². The Labute approximate surface area is 327 Å². The molecule has 0 aliphatic carbocycles. The van der Waals surface area contributed by atoms with Crippen LogP contribution >= 0.6 is 11.8 Å². The van der Waals surface area contributed by atoms with Crippen LogP contribution < -0.4 is 5.43 Å². The Balaban J connectivity index is 1.44. The summed E-state index contributed by atoms with van der Waals surface area (Å²) in [6.45, 7) is -6.61. The van der Waals surface area contributed by atoms with Crippen LogP contribution in [0.15, 0.2) is 101 Å². The minimum absolute atomic E-state index is 0.0573. The van der Waals surface area contributed by atoms with E-state index in [0.717, 1.165) is 39.8 Å². The van der Waals surface area contributed by atoms with E-state index in [4.69, 9.17) is 17.8 Å². The van der Waals surface area contributed by atoms with Gasteiger partial charge in [0.25, 0.3) is 0 Å². The number of rotatable bonds is 12. The molecule has 278 valence electrons. The van der Waals surface area contributed by atoms with E-state index < -0.39 is 119 Å². The number of thioether (sulfide) groups is 1. The molecule has 1 saturated heterocycles. The molecule has 4 aromatic carbocycles. The standard InChI is InChI=1S/C41H40F5N3O3S/c1-27-6-15-34-36(22-27)49(39(23-37(34)50)53-26-31-4-3-5-35(42)40(31)43)25-38(51)48(33-16-18-47(19-17-33)20-21-52-2)24-28-7-9-29(10-8-28)30-11-13-32(14-12-30)41(44,45)46/h3-15,22-23,33H,16-21,24-26H2,1-2H3/i2D3,6D,15D,20D2,21D2,22D,23D,26D2. The first-order chi connectivity index (χ1) is 30.5. The second-order valence-corrected chi connectivity index (χ2v) is 13.0. The van der Waals surface area contributed by atoms with Gasteiger partial charge in [0, 0.05) is 67.4 Å². The molecule has 0 spiro atoms. The highest BCUT2D eigenvalue weighted by atomic mass is 32.2. The first-order valence-corrected chi connectivity index (χ1v) is 17.1. The number of benzene rings is 4. The number of fused-ring (bicyclic) bond motifs is 1. The fraction of sp³-hybridized carbons (Fsp3) is 0.317. The lowest BCUT2D eigenvalue weighted by Crippen LogP contribution is -2.48. The molecule has 1 amide bonds. The van der Waals surface area contributed by atoms with Gasteiger partial charge in [-0.2, -0.15) is 13.2 Å². The van der Waals surface area contributed by atoms with Crippen LogP contribution in [0.25, 0.3) is 22.0 Å². The van der Waals surface area contributed by atoms with Gasteiger partial charge in [-0.15, -0.1) is 11.8 Å². The summed E-state index contributed by atoms with van der Waals surface area (Å²) in [7, 11) is -3.30. The van der Waals surface area contributed by atoms with Crippen LogP contribution in [0.4, 0.5) is 22.0 Å². The number of hydrogen-bond donors (Lipinski definition) is 0. The zero-order chi connectivity index (χ0) is 49.1. The van der Waals surface area contributed by atoms with Gasteiger partial charge in [0.2, 0.25) is 5.91 Å². The highest BCUT2D eigenvalue weighted by Crippen LogP contribution is 2.32. The van der Waals surface area contributed by atoms with Crippen LogP contribution in [0.5, 0.6) is 0 Å². The summed E-state index contributed by atoms with van der Waals surface area (Å²) < 4.78 is 183. The third kappa shape index (κ3) is 9.17. The van der Waals surface area contributed by atoms with Crippen molar-refractivity contribution in [2.45, 2.75) is 55.8 Å². The van der Waals surface area contributed by atoms with E-state index in [1.165, 1.54) is 24.0 Å². The number of pyridine rings is 1. The topological polar surface area (TPSA) is 54.8 Å². The fourth-order valence-corrected chi connectivity index (χ4v) is 6.75. The Morgan fingerprint density at radius 2 is 1.72 bits per heavy atom. The molecule has 1 aliphatic rings. The van der Waals surface area contributed by atoms with Crippen LogP contribution in [-0.2, 0) is 34.5 Å². The molecule has 53 heavy (non-hydrogen) atoms. The van der Waals surface area contributed by atoms with Gasteiger partial charge in [-0.05, 0) is 72.3 Å². The van der Waals surface area contributed by atoms with Gasteiger partial charge in [0.05, 0.1) is 35.0 Å².